The van der Waals surface area contributed by atoms with Gasteiger partial charge in [-0.1, -0.05) is 41.9 Å². The molecular weight excluding hydrogens is 343 g/mol. The molecule has 1 heterocycles. The number of anilines is 2. The molecule has 0 radical (unpaired) electrons. The lowest BCUT2D eigenvalue weighted by atomic mass is 10.2. The molecule has 2 N–H and O–H groups in total. The molecule has 25 heavy (non-hydrogen) atoms. The van der Waals surface area contributed by atoms with Gasteiger partial charge in [0, 0.05) is 24.0 Å². The van der Waals surface area contributed by atoms with Crippen LogP contribution in [-0.2, 0) is 6.54 Å². The van der Waals surface area contributed by atoms with Crippen LogP contribution in [0.15, 0.2) is 60.9 Å². The van der Waals surface area contributed by atoms with E-state index in [0.29, 0.717) is 17.1 Å². The Balaban J connectivity index is 1.63. The zero-order valence-corrected chi connectivity index (χ0v) is 13.8. The number of amides is 1. The molecule has 0 spiro atoms. The summed E-state index contributed by atoms with van der Waals surface area (Å²) in [6.07, 6.45) is 2.75. The van der Waals surface area contributed by atoms with Crippen LogP contribution in [0.5, 0.6) is 0 Å². The lowest BCUT2D eigenvalue weighted by molar-refractivity contribution is 0.0950. The first-order chi connectivity index (χ1) is 12.1. The number of rotatable bonds is 5. The van der Waals surface area contributed by atoms with Crippen molar-refractivity contribution >= 4 is 29.1 Å². The molecule has 0 aliphatic heterocycles. The van der Waals surface area contributed by atoms with E-state index < -0.39 is 5.82 Å². The Morgan fingerprint density at radius 2 is 1.72 bits per heavy atom. The molecule has 3 rings (SSSR count). The Morgan fingerprint density at radius 3 is 2.44 bits per heavy atom. The summed E-state index contributed by atoms with van der Waals surface area (Å²) in [6.45, 7) is 0.299. The molecule has 5 nitrogen and oxygen atoms in total. The first kappa shape index (κ1) is 16.9. The highest BCUT2D eigenvalue weighted by Gasteiger charge is 2.09. The fourth-order valence-electron chi connectivity index (χ4n) is 2.11. The number of benzene rings is 2. The summed E-state index contributed by atoms with van der Waals surface area (Å²) >= 11 is 6.05. The number of nitrogens with zero attached hydrogens (tertiary/aromatic N) is 2. The van der Waals surface area contributed by atoms with Crippen LogP contribution in [0.4, 0.5) is 16.0 Å². The number of nitrogens with one attached hydrogen (secondary N) is 2. The second-order valence-electron chi connectivity index (χ2n) is 5.17. The lowest BCUT2D eigenvalue weighted by Gasteiger charge is -2.08. The minimum Gasteiger partial charge on any atom is -0.348 e. The van der Waals surface area contributed by atoms with Crippen LogP contribution in [0.2, 0.25) is 5.02 Å². The predicted octanol–water partition coefficient (Wildman–Crippen LogP) is 3.94. The van der Waals surface area contributed by atoms with Crippen molar-refractivity contribution in [2.75, 3.05) is 5.32 Å². The van der Waals surface area contributed by atoms with Gasteiger partial charge < -0.3 is 10.6 Å². The number of halogens is 2. The van der Waals surface area contributed by atoms with Crippen molar-refractivity contribution < 1.29 is 9.18 Å². The summed E-state index contributed by atoms with van der Waals surface area (Å²) in [5.41, 5.74) is 1.38. The topological polar surface area (TPSA) is 66.9 Å². The van der Waals surface area contributed by atoms with Gasteiger partial charge in [0.1, 0.15) is 5.82 Å². The number of aromatic nitrogens is 2. The Hall–Kier alpha value is -2.99. The van der Waals surface area contributed by atoms with E-state index in [1.54, 1.807) is 24.3 Å². The van der Waals surface area contributed by atoms with E-state index >= 15 is 0 Å². The van der Waals surface area contributed by atoms with Crippen LogP contribution < -0.4 is 10.6 Å². The highest BCUT2D eigenvalue weighted by atomic mass is 35.5. The lowest BCUT2D eigenvalue weighted by Crippen LogP contribution is -2.23. The van der Waals surface area contributed by atoms with Crippen molar-refractivity contribution in [3.8, 4) is 0 Å². The molecule has 1 amide bonds. The summed E-state index contributed by atoms with van der Waals surface area (Å²) in [4.78, 5) is 20.2. The third kappa shape index (κ3) is 4.30. The number of hydrogen-bond acceptors (Lipinski definition) is 4. The molecule has 0 fully saturated rings. The Kier molecular flexibility index (Phi) is 5.20. The zero-order chi connectivity index (χ0) is 17.6. The fourth-order valence-corrected chi connectivity index (χ4v) is 2.31. The highest BCUT2D eigenvalue weighted by molar-refractivity contribution is 6.31. The molecule has 0 atom stereocenters. The van der Waals surface area contributed by atoms with E-state index in [1.807, 2.05) is 18.2 Å². The van der Waals surface area contributed by atoms with E-state index in [2.05, 4.69) is 20.6 Å². The Labute approximate surface area is 148 Å². The molecular formula is C18H14ClFN4O. The van der Waals surface area contributed by atoms with Crippen molar-refractivity contribution in [2.45, 2.75) is 6.54 Å². The maximum absolute atomic E-state index is 13.6. The zero-order valence-electron chi connectivity index (χ0n) is 13.0. The number of para-hydroxylation sites is 1. The summed E-state index contributed by atoms with van der Waals surface area (Å²) in [7, 11) is 0. The van der Waals surface area contributed by atoms with Crippen molar-refractivity contribution in [3.05, 3.63) is 82.9 Å². The third-order valence-corrected chi connectivity index (χ3v) is 3.80. The molecule has 0 bridgehead atoms. The van der Waals surface area contributed by atoms with Crippen molar-refractivity contribution in [2.24, 2.45) is 0 Å². The number of carbonyl (C=O) groups is 1. The normalized spacial score (nSPS) is 10.3. The van der Waals surface area contributed by atoms with Crippen molar-refractivity contribution in [1.29, 1.82) is 0 Å². The predicted molar refractivity (Wildman–Crippen MR) is 94.3 cm³/mol. The summed E-state index contributed by atoms with van der Waals surface area (Å²) in [5.74, 6) is -0.530. The summed E-state index contributed by atoms with van der Waals surface area (Å²) in [5, 5.41) is 6.09. The van der Waals surface area contributed by atoms with E-state index in [-0.39, 0.29) is 17.5 Å². The number of carbonyl (C=O) groups excluding carboxylic acids is 1. The quantitative estimate of drug-likeness (QED) is 0.726. The number of hydrogen-bond donors (Lipinski definition) is 2. The maximum atomic E-state index is 13.6. The van der Waals surface area contributed by atoms with Crippen LogP contribution in [0, 0.1) is 5.82 Å². The molecule has 7 heteroatoms. The first-order valence-electron chi connectivity index (χ1n) is 7.48. The average molecular weight is 357 g/mol. The maximum Gasteiger partial charge on any atom is 0.254 e. The van der Waals surface area contributed by atoms with Gasteiger partial charge in [-0.2, -0.15) is 0 Å². The second kappa shape index (κ2) is 7.72. The Morgan fingerprint density at radius 1 is 1.04 bits per heavy atom. The second-order valence-corrected chi connectivity index (χ2v) is 5.58. The standard InChI is InChI=1S/C18H14ClFN4O/c19-14-6-2-1-5-12(14)9-21-17(25)13-10-22-18(23-11-13)24-16-8-4-3-7-15(16)20/h1-8,10-11H,9H2,(H,21,25)(H,22,23,24). The van der Waals surface area contributed by atoms with Crippen molar-refractivity contribution in [3.63, 3.8) is 0 Å². The minimum atomic E-state index is -0.410. The largest absolute Gasteiger partial charge is 0.348 e. The van der Waals surface area contributed by atoms with Crippen LogP contribution in [0.25, 0.3) is 0 Å². The molecule has 0 saturated heterocycles. The van der Waals surface area contributed by atoms with Gasteiger partial charge in [0.15, 0.2) is 0 Å². The van der Waals surface area contributed by atoms with Gasteiger partial charge in [-0.3, -0.25) is 4.79 Å². The van der Waals surface area contributed by atoms with Gasteiger partial charge in [0.2, 0.25) is 5.95 Å². The first-order valence-corrected chi connectivity index (χ1v) is 7.86. The van der Waals surface area contributed by atoms with Gasteiger partial charge in [0.05, 0.1) is 11.3 Å². The van der Waals surface area contributed by atoms with Crippen LogP contribution in [0.1, 0.15) is 15.9 Å². The molecule has 0 saturated carbocycles. The van der Waals surface area contributed by atoms with Crippen LogP contribution in [-0.4, -0.2) is 15.9 Å². The van der Waals surface area contributed by atoms with Gasteiger partial charge in [-0.25, -0.2) is 14.4 Å². The molecule has 2 aromatic carbocycles. The average Bonchev–Trinajstić information content (AvgIpc) is 2.63. The van der Waals surface area contributed by atoms with E-state index in [9.17, 15) is 9.18 Å². The molecule has 0 aliphatic rings. The molecule has 3 aromatic rings. The highest BCUT2D eigenvalue weighted by Crippen LogP contribution is 2.17. The van der Waals surface area contributed by atoms with Gasteiger partial charge in [-0.15, -0.1) is 0 Å². The molecule has 1 aromatic heterocycles. The minimum absolute atomic E-state index is 0.202. The van der Waals surface area contributed by atoms with Gasteiger partial charge >= 0.3 is 0 Å². The monoisotopic (exact) mass is 356 g/mol. The Bertz CT molecular complexity index is 886. The van der Waals surface area contributed by atoms with E-state index in [1.165, 1.54) is 18.5 Å². The van der Waals surface area contributed by atoms with Gasteiger partial charge in [0.25, 0.3) is 5.91 Å². The third-order valence-electron chi connectivity index (χ3n) is 3.43. The van der Waals surface area contributed by atoms with Crippen LogP contribution >= 0.6 is 11.6 Å². The van der Waals surface area contributed by atoms with Crippen molar-refractivity contribution in [1.82, 2.24) is 15.3 Å². The smallest absolute Gasteiger partial charge is 0.254 e. The summed E-state index contributed by atoms with van der Waals surface area (Å²) in [6, 6.07) is 13.5. The molecule has 0 aliphatic carbocycles. The van der Waals surface area contributed by atoms with E-state index in [0.717, 1.165) is 5.56 Å². The van der Waals surface area contributed by atoms with Gasteiger partial charge in [-0.05, 0) is 23.8 Å². The fraction of sp³-hybridized carbons (Fsp3) is 0.0556. The van der Waals surface area contributed by atoms with E-state index in [4.69, 9.17) is 11.6 Å². The van der Waals surface area contributed by atoms with Crippen LogP contribution in [0.3, 0.4) is 0 Å². The molecule has 0 unspecified atom stereocenters. The SMILES string of the molecule is O=C(NCc1ccccc1Cl)c1cnc(Nc2ccccc2F)nc1. The molecule has 126 valence electrons. The summed E-state index contributed by atoms with van der Waals surface area (Å²) < 4.78 is 13.6.